The van der Waals surface area contributed by atoms with Gasteiger partial charge in [0, 0.05) is 0 Å². The molecule has 3 heteroatoms. The van der Waals surface area contributed by atoms with Gasteiger partial charge >= 0.3 is 0 Å². The van der Waals surface area contributed by atoms with Crippen LogP contribution in [-0.4, -0.2) is 0 Å². The minimum absolute atomic E-state index is 0.472. The molecule has 94 valence electrons. The monoisotopic (exact) mass is 266 g/mol. The predicted molar refractivity (Wildman–Crippen MR) is 70.0 cm³/mol. The van der Waals surface area contributed by atoms with Crippen LogP contribution in [0.4, 0.5) is 8.78 Å². The average Bonchev–Trinajstić information content (AvgIpc) is 2.35. The van der Waals surface area contributed by atoms with E-state index in [1.54, 1.807) is 0 Å². The fourth-order valence-electron chi connectivity index (χ4n) is 1.90. The van der Waals surface area contributed by atoms with Gasteiger partial charge in [-0.15, -0.1) is 11.6 Å². The summed E-state index contributed by atoms with van der Waals surface area (Å²) < 4.78 is 26.1. The van der Waals surface area contributed by atoms with Gasteiger partial charge in [0.1, 0.15) is 0 Å². The van der Waals surface area contributed by atoms with Crippen LogP contribution >= 0.6 is 11.6 Å². The van der Waals surface area contributed by atoms with Gasteiger partial charge in [0.25, 0.3) is 0 Å². The first-order valence-corrected chi connectivity index (χ1v) is 6.09. The third kappa shape index (κ3) is 2.39. The second-order valence-electron chi connectivity index (χ2n) is 4.33. The largest absolute Gasteiger partial charge is 0.204 e. The van der Waals surface area contributed by atoms with Crippen molar-refractivity contribution in [1.82, 2.24) is 0 Å². The van der Waals surface area contributed by atoms with Crippen LogP contribution in [0.5, 0.6) is 0 Å². The van der Waals surface area contributed by atoms with E-state index in [0.717, 1.165) is 28.8 Å². The van der Waals surface area contributed by atoms with Crippen molar-refractivity contribution in [3.05, 3.63) is 70.3 Å². The molecule has 0 saturated carbocycles. The minimum Gasteiger partial charge on any atom is -0.204 e. The fourth-order valence-corrected chi connectivity index (χ4v) is 2.27. The minimum atomic E-state index is -0.872. The first kappa shape index (κ1) is 13.0. The molecule has 0 heterocycles. The molecule has 2 aromatic rings. The lowest BCUT2D eigenvalue weighted by molar-refractivity contribution is 0.507. The van der Waals surface area contributed by atoms with Crippen LogP contribution in [0.2, 0.25) is 0 Å². The Morgan fingerprint density at radius 1 is 1.00 bits per heavy atom. The van der Waals surface area contributed by atoms with E-state index in [9.17, 15) is 8.78 Å². The van der Waals surface area contributed by atoms with Crippen LogP contribution in [0.1, 0.15) is 27.6 Å². The number of rotatable bonds is 2. The maximum Gasteiger partial charge on any atom is 0.159 e. The zero-order valence-electron chi connectivity index (χ0n) is 10.2. The van der Waals surface area contributed by atoms with Gasteiger partial charge in [-0.2, -0.15) is 0 Å². The zero-order valence-corrected chi connectivity index (χ0v) is 10.9. The lowest BCUT2D eigenvalue weighted by Crippen LogP contribution is -1.99. The molecule has 2 rings (SSSR count). The molecule has 0 radical (unpaired) electrons. The molecule has 0 spiro atoms. The Hall–Kier alpha value is -1.41. The van der Waals surface area contributed by atoms with E-state index >= 15 is 0 Å². The Kier molecular flexibility index (Phi) is 3.67. The molecule has 18 heavy (non-hydrogen) atoms. The zero-order chi connectivity index (χ0) is 13.3. The van der Waals surface area contributed by atoms with Gasteiger partial charge < -0.3 is 0 Å². The number of hydrogen-bond donors (Lipinski definition) is 0. The molecule has 0 fully saturated rings. The molecule has 0 N–H and O–H groups in total. The molecule has 2 aromatic carbocycles. The molecule has 0 bridgehead atoms. The van der Waals surface area contributed by atoms with E-state index in [-0.39, 0.29) is 0 Å². The molecule has 1 atom stereocenters. The van der Waals surface area contributed by atoms with Gasteiger partial charge in [0.15, 0.2) is 11.6 Å². The Bertz CT molecular complexity index is 579. The molecule has 0 amide bonds. The average molecular weight is 267 g/mol. The van der Waals surface area contributed by atoms with Crippen molar-refractivity contribution < 1.29 is 8.78 Å². The van der Waals surface area contributed by atoms with Crippen LogP contribution in [0.15, 0.2) is 36.4 Å². The number of alkyl halides is 1. The van der Waals surface area contributed by atoms with E-state index < -0.39 is 17.0 Å². The summed E-state index contributed by atoms with van der Waals surface area (Å²) in [5.74, 6) is -1.73. The molecule has 1 unspecified atom stereocenters. The quantitative estimate of drug-likeness (QED) is 0.678. The molecular formula is C15H13ClF2. The van der Waals surface area contributed by atoms with Crippen molar-refractivity contribution >= 4 is 11.6 Å². The summed E-state index contributed by atoms with van der Waals surface area (Å²) in [6.45, 7) is 3.97. The molecule has 0 aliphatic carbocycles. The normalized spacial score (nSPS) is 12.5. The molecule has 0 aromatic heterocycles. The Morgan fingerprint density at radius 2 is 1.72 bits per heavy atom. The van der Waals surface area contributed by atoms with Gasteiger partial charge in [-0.3, -0.25) is 0 Å². The van der Waals surface area contributed by atoms with Gasteiger partial charge in [-0.25, -0.2) is 8.78 Å². The number of benzene rings is 2. The number of aryl methyl sites for hydroxylation is 1. The predicted octanol–water partition coefficient (Wildman–Crippen LogP) is 4.91. The second kappa shape index (κ2) is 5.07. The summed E-state index contributed by atoms with van der Waals surface area (Å²) in [6.07, 6.45) is 0. The van der Waals surface area contributed by atoms with Crippen molar-refractivity contribution in [2.75, 3.05) is 0 Å². The highest BCUT2D eigenvalue weighted by Crippen LogP contribution is 2.32. The number of halogens is 3. The van der Waals surface area contributed by atoms with Crippen molar-refractivity contribution in [2.45, 2.75) is 19.2 Å². The van der Waals surface area contributed by atoms with Crippen LogP contribution in [0, 0.1) is 25.5 Å². The topological polar surface area (TPSA) is 0 Å². The molecule has 0 aliphatic heterocycles. The van der Waals surface area contributed by atoms with E-state index in [2.05, 4.69) is 0 Å². The SMILES string of the molecule is Cc1cccc(C(Cl)c2ccc(F)c(F)c2)c1C. The third-order valence-electron chi connectivity index (χ3n) is 3.16. The summed E-state index contributed by atoms with van der Waals surface area (Å²) in [5.41, 5.74) is 3.68. The summed E-state index contributed by atoms with van der Waals surface area (Å²) in [7, 11) is 0. The lowest BCUT2D eigenvalue weighted by atomic mass is 9.97. The summed E-state index contributed by atoms with van der Waals surface area (Å²) in [5, 5.41) is -0.472. The molecule has 0 aliphatic rings. The highest BCUT2D eigenvalue weighted by molar-refractivity contribution is 6.22. The molecule has 0 saturated heterocycles. The maximum atomic E-state index is 13.2. The second-order valence-corrected chi connectivity index (χ2v) is 4.76. The third-order valence-corrected chi connectivity index (χ3v) is 3.64. The fraction of sp³-hybridized carbons (Fsp3) is 0.200. The van der Waals surface area contributed by atoms with Gasteiger partial charge in [0.05, 0.1) is 5.38 Å². The van der Waals surface area contributed by atoms with Crippen molar-refractivity contribution in [1.29, 1.82) is 0 Å². The smallest absolute Gasteiger partial charge is 0.159 e. The van der Waals surface area contributed by atoms with Crippen LogP contribution in [0.25, 0.3) is 0 Å². The Labute approximate surface area is 110 Å². The Balaban J connectivity index is 2.44. The van der Waals surface area contributed by atoms with Gasteiger partial charge in [-0.1, -0.05) is 24.3 Å². The van der Waals surface area contributed by atoms with Crippen LogP contribution in [0.3, 0.4) is 0 Å². The molecule has 0 nitrogen and oxygen atoms in total. The first-order chi connectivity index (χ1) is 8.50. The summed E-state index contributed by atoms with van der Waals surface area (Å²) in [6, 6.07) is 9.57. The van der Waals surface area contributed by atoms with E-state index in [1.807, 2.05) is 32.0 Å². The summed E-state index contributed by atoms with van der Waals surface area (Å²) in [4.78, 5) is 0. The van der Waals surface area contributed by atoms with Crippen molar-refractivity contribution in [2.24, 2.45) is 0 Å². The van der Waals surface area contributed by atoms with E-state index in [1.165, 1.54) is 6.07 Å². The first-order valence-electron chi connectivity index (χ1n) is 5.66. The molecular weight excluding hydrogens is 254 g/mol. The highest BCUT2D eigenvalue weighted by Gasteiger charge is 2.15. The van der Waals surface area contributed by atoms with Gasteiger partial charge in [0.2, 0.25) is 0 Å². The van der Waals surface area contributed by atoms with E-state index in [4.69, 9.17) is 11.6 Å². The van der Waals surface area contributed by atoms with E-state index in [0.29, 0.717) is 5.56 Å². The van der Waals surface area contributed by atoms with Gasteiger partial charge in [-0.05, 0) is 48.2 Å². The summed E-state index contributed by atoms with van der Waals surface area (Å²) >= 11 is 6.34. The van der Waals surface area contributed by atoms with Crippen molar-refractivity contribution in [3.63, 3.8) is 0 Å². The van der Waals surface area contributed by atoms with Crippen LogP contribution < -0.4 is 0 Å². The van der Waals surface area contributed by atoms with Crippen molar-refractivity contribution in [3.8, 4) is 0 Å². The maximum absolute atomic E-state index is 13.2. The van der Waals surface area contributed by atoms with Crippen LogP contribution in [-0.2, 0) is 0 Å². The lowest BCUT2D eigenvalue weighted by Gasteiger charge is -2.15. The highest BCUT2D eigenvalue weighted by atomic mass is 35.5. The standard InChI is InChI=1S/C15H13ClF2/c1-9-4-3-5-12(10(9)2)15(16)11-6-7-13(17)14(18)8-11/h3-8,15H,1-2H3. The Morgan fingerprint density at radius 3 is 2.39 bits per heavy atom. The number of hydrogen-bond acceptors (Lipinski definition) is 0.